The molecule has 0 N–H and O–H groups in total. The third kappa shape index (κ3) is 6.79. The molecule has 0 heterocycles. The van der Waals surface area contributed by atoms with Crippen molar-refractivity contribution in [2.45, 2.75) is 46.1 Å². The minimum atomic E-state index is -0.196. The molecule has 0 aliphatic rings. The fourth-order valence-electron chi connectivity index (χ4n) is 1.26. The Balaban J connectivity index is 3.71. The maximum Gasteiger partial charge on any atom is 0.100 e. The molecule has 0 spiro atoms. The molecule has 13 heavy (non-hydrogen) atoms. The van der Waals surface area contributed by atoms with Crippen molar-refractivity contribution >= 4 is 0 Å². The lowest BCUT2D eigenvalue weighted by atomic mass is 9.93. The smallest absolute Gasteiger partial charge is 0.100 e. The zero-order chi connectivity index (χ0) is 10.3. The summed E-state index contributed by atoms with van der Waals surface area (Å²) >= 11 is 0. The van der Waals surface area contributed by atoms with Crippen LogP contribution in [0.25, 0.3) is 0 Å². The van der Waals surface area contributed by atoms with Crippen LogP contribution >= 0.6 is 0 Å². The van der Waals surface area contributed by atoms with Gasteiger partial charge in [0.05, 0.1) is 5.60 Å². The molecule has 1 atom stereocenters. The molecular formula is C11H22O2. The summed E-state index contributed by atoms with van der Waals surface area (Å²) in [7, 11) is 0. The standard InChI is InChI=1S/C11H22O2/c1-6-8-12-13-11(4,5)9-10(3)7-2/h6,10H,1,7-9H2,2-5H3. The van der Waals surface area contributed by atoms with Crippen molar-refractivity contribution in [1.29, 1.82) is 0 Å². The minimum Gasteiger partial charge on any atom is -0.232 e. The van der Waals surface area contributed by atoms with Crippen LogP contribution in [0.5, 0.6) is 0 Å². The minimum absolute atomic E-state index is 0.196. The second-order valence-electron chi connectivity index (χ2n) is 4.13. The maximum absolute atomic E-state index is 5.27. The molecule has 2 nitrogen and oxygen atoms in total. The average molecular weight is 186 g/mol. The SMILES string of the molecule is C=CCOOC(C)(C)CC(C)CC. The Morgan fingerprint density at radius 3 is 2.54 bits per heavy atom. The van der Waals surface area contributed by atoms with Gasteiger partial charge < -0.3 is 0 Å². The van der Waals surface area contributed by atoms with Gasteiger partial charge in [0.2, 0.25) is 0 Å². The summed E-state index contributed by atoms with van der Waals surface area (Å²) in [6.07, 6.45) is 3.87. The second kappa shape index (κ2) is 6.17. The summed E-state index contributed by atoms with van der Waals surface area (Å²) in [4.78, 5) is 10.2. The van der Waals surface area contributed by atoms with Crippen molar-refractivity contribution in [1.82, 2.24) is 0 Å². The van der Waals surface area contributed by atoms with Crippen LogP contribution in [-0.4, -0.2) is 12.2 Å². The first kappa shape index (κ1) is 12.7. The van der Waals surface area contributed by atoms with Crippen LogP contribution in [0.3, 0.4) is 0 Å². The van der Waals surface area contributed by atoms with Crippen LogP contribution in [0.2, 0.25) is 0 Å². The molecule has 0 saturated carbocycles. The molecule has 0 aromatic rings. The number of rotatable bonds is 7. The van der Waals surface area contributed by atoms with Crippen molar-refractivity contribution < 1.29 is 9.78 Å². The molecule has 2 heteroatoms. The molecule has 1 unspecified atom stereocenters. The zero-order valence-corrected chi connectivity index (χ0v) is 9.30. The van der Waals surface area contributed by atoms with Crippen molar-refractivity contribution in [2.75, 3.05) is 6.61 Å². The van der Waals surface area contributed by atoms with Gasteiger partial charge in [0, 0.05) is 0 Å². The van der Waals surface area contributed by atoms with Crippen LogP contribution in [0.1, 0.15) is 40.5 Å². The van der Waals surface area contributed by atoms with Gasteiger partial charge in [0.15, 0.2) is 0 Å². The summed E-state index contributed by atoms with van der Waals surface area (Å²) in [5.41, 5.74) is -0.196. The van der Waals surface area contributed by atoms with Crippen LogP contribution in [0.15, 0.2) is 12.7 Å². The van der Waals surface area contributed by atoms with E-state index in [-0.39, 0.29) is 5.60 Å². The van der Waals surface area contributed by atoms with Gasteiger partial charge in [-0.1, -0.05) is 26.3 Å². The predicted molar refractivity (Wildman–Crippen MR) is 55.4 cm³/mol. The monoisotopic (exact) mass is 186 g/mol. The Morgan fingerprint density at radius 2 is 2.08 bits per heavy atom. The Morgan fingerprint density at radius 1 is 1.46 bits per heavy atom. The molecule has 0 saturated heterocycles. The van der Waals surface area contributed by atoms with E-state index < -0.39 is 0 Å². The number of hydrogen-bond donors (Lipinski definition) is 0. The summed E-state index contributed by atoms with van der Waals surface area (Å²) in [6, 6.07) is 0. The fourth-order valence-corrected chi connectivity index (χ4v) is 1.26. The summed E-state index contributed by atoms with van der Waals surface area (Å²) in [6.45, 7) is 12.5. The van der Waals surface area contributed by atoms with Crippen LogP contribution in [-0.2, 0) is 9.78 Å². The lowest BCUT2D eigenvalue weighted by Crippen LogP contribution is -2.27. The topological polar surface area (TPSA) is 18.5 Å². The van der Waals surface area contributed by atoms with Gasteiger partial charge in [-0.15, -0.1) is 6.58 Å². The molecule has 0 aliphatic carbocycles. The average Bonchev–Trinajstić information content (AvgIpc) is 2.03. The molecule has 0 rings (SSSR count). The van der Waals surface area contributed by atoms with E-state index in [0.29, 0.717) is 12.5 Å². The van der Waals surface area contributed by atoms with Gasteiger partial charge in [-0.2, -0.15) is 0 Å². The molecule has 78 valence electrons. The van der Waals surface area contributed by atoms with E-state index >= 15 is 0 Å². The van der Waals surface area contributed by atoms with E-state index in [2.05, 4.69) is 20.4 Å². The van der Waals surface area contributed by atoms with Gasteiger partial charge >= 0.3 is 0 Å². The molecule has 0 radical (unpaired) electrons. The van der Waals surface area contributed by atoms with E-state index in [0.717, 1.165) is 6.42 Å². The highest BCUT2D eigenvalue weighted by atomic mass is 17.2. The third-order valence-electron chi connectivity index (χ3n) is 2.01. The van der Waals surface area contributed by atoms with Crippen molar-refractivity contribution in [3.05, 3.63) is 12.7 Å². The molecule has 0 aromatic heterocycles. The van der Waals surface area contributed by atoms with Gasteiger partial charge in [0.1, 0.15) is 6.61 Å². The second-order valence-corrected chi connectivity index (χ2v) is 4.13. The first-order valence-corrected chi connectivity index (χ1v) is 4.93. The van der Waals surface area contributed by atoms with E-state index in [9.17, 15) is 0 Å². The van der Waals surface area contributed by atoms with Gasteiger partial charge in [-0.3, -0.25) is 0 Å². The normalized spacial score (nSPS) is 14.2. The summed E-state index contributed by atoms with van der Waals surface area (Å²) in [5.74, 6) is 0.669. The van der Waals surface area contributed by atoms with Crippen molar-refractivity contribution in [3.63, 3.8) is 0 Å². The Bertz CT molecular complexity index is 141. The Kier molecular flexibility index (Phi) is 6.00. The van der Waals surface area contributed by atoms with Crippen LogP contribution in [0, 0.1) is 5.92 Å². The van der Waals surface area contributed by atoms with Gasteiger partial charge in [0.25, 0.3) is 0 Å². The van der Waals surface area contributed by atoms with Crippen LogP contribution in [0.4, 0.5) is 0 Å². The highest BCUT2D eigenvalue weighted by molar-refractivity contribution is 4.70. The summed E-state index contributed by atoms with van der Waals surface area (Å²) < 4.78 is 0. The first-order chi connectivity index (χ1) is 6.02. The molecule has 0 bridgehead atoms. The highest BCUT2D eigenvalue weighted by Crippen LogP contribution is 2.22. The molecule has 0 fully saturated rings. The predicted octanol–water partition coefficient (Wildman–Crippen LogP) is 3.34. The first-order valence-electron chi connectivity index (χ1n) is 4.93. The quantitative estimate of drug-likeness (QED) is 0.263. The summed E-state index contributed by atoms with van der Waals surface area (Å²) in [5, 5.41) is 0. The highest BCUT2D eigenvalue weighted by Gasteiger charge is 2.22. The van der Waals surface area contributed by atoms with E-state index in [4.69, 9.17) is 9.78 Å². The molecule has 0 aliphatic heterocycles. The van der Waals surface area contributed by atoms with E-state index in [1.54, 1.807) is 6.08 Å². The lowest BCUT2D eigenvalue weighted by Gasteiger charge is -2.26. The molecule has 0 amide bonds. The van der Waals surface area contributed by atoms with E-state index in [1.165, 1.54) is 6.42 Å². The van der Waals surface area contributed by atoms with Crippen LogP contribution < -0.4 is 0 Å². The van der Waals surface area contributed by atoms with E-state index in [1.807, 2.05) is 13.8 Å². The number of hydrogen-bond acceptors (Lipinski definition) is 2. The van der Waals surface area contributed by atoms with Crippen molar-refractivity contribution in [3.8, 4) is 0 Å². The molecular weight excluding hydrogens is 164 g/mol. The van der Waals surface area contributed by atoms with Crippen molar-refractivity contribution in [2.24, 2.45) is 5.92 Å². The third-order valence-corrected chi connectivity index (χ3v) is 2.01. The molecule has 0 aromatic carbocycles. The Hall–Kier alpha value is -0.340. The Labute approximate surface area is 81.9 Å². The fraction of sp³-hybridized carbons (Fsp3) is 0.818. The maximum atomic E-state index is 5.27. The largest absolute Gasteiger partial charge is 0.232 e. The van der Waals surface area contributed by atoms with Gasteiger partial charge in [-0.25, -0.2) is 9.78 Å². The lowest BCUT2D eigenvalue weighted by molar-refractivity contribution is -0.349. The van der Waals surface area contributed by atoms with Gasteiger partial charge in [-0.05, 0) is 26.2 Å². The zero-order valence-electron chi connectivity index (χ0n) is 9.30.